The number of morpholine rings is 1. The number of sulfonamides is 1. The van der Waals surface area contributed by atoms with Crippen molar-refractivity contribution in [3.8, 4) is 0 Å². The summed E-state index contributed by atoms with van der Waals surface area (Å²) in [5, 5.41) is 0. The smallest absolute Gasteiger partial charge is 0.277 e. The van der Waals surface area contributed by atoms with Crippen LogP contribution in [0, 0.1) is 0 Å². The molecule has 8 heteroatoms. The second kappa shape index (κ2) is 8.49. The summed E-state index contributed by atoms with van der Waals surface area (Å²) in [6.07, 6.45) is 0. The van der Waals surface area contributed by atoms with Gasteiger partial charge >= 0.3 is 0 Å². The Morgan fingerprint density at radius 1 is 1.04 bits per heavy atom. The molecule has 1 amide bonds. The molecule has 1 aromatic carbocycles. The molecule has 1 aromatic rings. The minimum absolute atomic E-state index is 0.00963. The number of carbonyl (C=O) groups excluding carboxylic acids is 1. The van der Waals surface area contributed by atoms with E-state index in [0.717, 1.165) is 10.5 Å². The van der Waals surface area contributed by atoms with Crippen molar-refractivity contribution in [2.45, 2.75) is 31.1 Å². The first-order chi connectivity index (χ1) is 13.2. The van der Waals surface area contributed by atoms with Crippen LogP contribution in [0.15, 0.2) is 29.2 Å². The average molecular weight is 411 g/mol. The predicted molar refractivity (Wildman–Crippen MR) is 107 cm³/mol. The zero-order valence-electron chi connectivity index (χ0n) is 17.1. The number of nitrogens with zero attached hydrogens (tertiary/aromatic N) is 2. The average Bonchev–Trinajstić information content (AvgIpc) is 2.68. The summed E-state index contributed by atoms with van der Waals surface area (Å²) in [6, 6.07) is 7.21. The van der Waals surface area contributed by atoms with Gasteiger partial charge in [0.1, 0.15) is 0 Å². The normalized spacial score (nSPS) is 20.3. The number of nitrogens with one attached hydrogen (secondary N) is 1. The Hall–Kier alpha value is -1.48. The maximum Gasteiger partial charge on any atom is 0.277 e. The lowest BCUT2D eigenvalue weighted by molar-refractivity contribution is -0.896. The van der Waals surface area contributed by atoms with Gasteiger partial charge in [0.2, 0.25) is 10.0 Å². The van der Waals surface area contributed by atoms with Crippen molar-refractivity contribution in [3.05, 3.63) is 29.8 Å². The SMILES string of the molecule is CC(C)(C)c1ccc(S(=O)(=O)N2CC[NH+](CC(=O)N3CCOCC3)CC2)cc1. The Morgan fingerprint density at radius 3 is 2.14 bits per heavy atom. The molecule has 0 aromatic heterocycles. The summed E-state index contributed by atoms with van der Waals surface area (Å²) in [5.74, 6) is 0.132. The van der Waals surface area contributed by atoms with Gasteiger partial charge in [-0.25, -0.2) is 8.42 Å². The quantitative estimate of drug-likeness (QED) is 0.742. The van der Waals surface area contributed by atoms with Crippen molar-refractivity contribution in [2.24, 2.45) is 0 Å². The van der Waals surface area contributed by atoms with Crippen LogP contribution in [0.1, 0.15) is 26.3 Å². The standard InChI is InChI=1S/C20H31N3O4S/c1-20(2,3)17-4-6-18(7-5-17)28(25,26)23-10-8-21(9-11-23)16-19(24)22-12-14-27-15-13-22/h4-7H,8-16H2,1-3H3/p+1. The number of hydrogen-bond acceptors (Lipinski definition) is 4. The molecular formula is C20H32N3O4S+. The fourth-order valence-electron chi connectivity index (χ4n) is 3.63. The van der Waals surface area contributed by atoms with E-state index in [4.69, 9.17) is 4.74 Å². The van der Waals surface area contributed by atoms with Crippen molar-refractivity contribution in [1.82, 2.24) is 9.21 Å². The second-order valence-electron chi connectivity index (χ2n) is 8.60. The number of benzene rings is 1. The fourth-order valence-corrected chi connectivity index (χ4v) is 5.08. The van der Waals surface area contributed by atoms with Crippen LogP contribution in [-0.2, 0) is 25.0 Å². The number of carbonyl (C=O) groups is 1. The zero-order valence-corrected chi connectivity index (χ0v) is 17.9. The Morgan fingerprint density at radius 2 is 1.61 bits per heavy atom. The summed E-state index contributed by atoms with van der Waals surface area (Å²) in [6.45, 7) is 11.4. The highest BCUT2D eigenvalue weighted by Crippen LogP contribution is 2.24. The fraction of sp³-hybridized carbons (Fsp3) is 0.650. The number of amides is 1. The second-order valence-corrected chi connectivity index (χ2v) is 10.5. The molecule has 0 unspecified atom stereocenters. The van der Waals surface area contributed by atoms with Gasteiger partial charge in [-0.15, -0.1) is 0 Å². The number of hydrogen-bond donors (Lipinski definition) is 1. The van der Waals surface area contributed by atoms with Gasteiger partial charge in [0.25, 0.3) is 5.91 Å². The van der Waals surface area contributed by atoms with E-state index in [1.54, 1.807) is 16.4 Å². The summed E-state index contributed by atoms with van der Waals surface area (Å²) in [7, 11) is -3.49. The van der Waals surface area contributed by atoms with E-state index < -0.39 is 10.0 Å². The van der Waals surface area contributed by atoms with Crippen LogP contribution in [0.25, 0.3) is 0 Å². The molecule has 0 atom stereocenters. The van der Waals surface area contributed by atoms with Crippen molar-refractivity contribution in [2.75, 3.05) is 59.0 Å². The first kappa shape index (κ1) is 21.2. The Balaban J connectivity index is 1.56. The van der Waals surface area contributed by atoms with Crippen molar-refractivity contribution < 1.29 is 22.8 Å². The molecule has 28 heavy (non-hydrogen) atoms. The molecule has 1 N–H and O–H groups in total. The van der Waals surface area contributed by atoms with Crippen LogP contribution in [0.4, 0.5) is 0 Å². The van der Waals surface area contributed by atoms with Crippen LogP contribution in [-0.4, -0.2) is 82.6 Å². The number of quaternary nitrogens is 1. The topological polar surface area (TPSA) is 71.4 Å². The highest BCUT2D eigenvalue weighted by atomic mass is 32.2. The summed E-state index contributed by atoms with van der Waals surface area (Å²) in [4.78, 5) is 15.7. The van der Waals surface area contributed by atoms with Gasteiger partial charge in [0, 0.05) is 13.1 Å². The maximum absolute atomic E-state index is 13.0. The molecule has 0 saturated carbocycles. The molecule has 0 aliphatic carbocycles. The molecule has 7 nitrogen and oxygen atoms in total. The molecule has 0 spiro atoms. The van der Waals surface area contributed by atoms with E-state index in [0.29, 0.717) is 63.9 Å². The maximum atomic E-state index is 13.0. The third-order valence-corrected chi connectivity index (χ3v) is 7.47. The Bertz CT molecular complexity index is 773. The molecule has 2 heterocycles. The molecule has 0 radical (unpaired) electrons. The zero-order chi connectivity index (χ0) is 20.4. The molecular weight excluding hydrogens is 378 g/mol. The minimum atomic E-state index is -3.49. The van der Waals surface area contributed by atoms with Gasteiger partial charge < -0.3 is 14.5 Å². The van der Waals surface area contributed by atoms with Crippen molar-refractivity contribution in [3.63, 3.8) is 0 Å². The third-order valence-electron chi connectivity index (χ3n) is 5.55. The number of rotatable bonds is 4. The van der Waals surface area contributed by atoms with Gasteiger partial charge in [-0.3, -0.25) is 4.79 Å². The van der Waals surface area contributed by atoms with Gasteiger partial charge in [0.15, 0.2) is 6.54 Å². The summed E-state index contributed by atoms with van der Waals surface area (Å²) in [5.41, 5.74) is 1.10. The lowest BCUT2D eigenvalue weighted by Gasteiger charge is -2.33. The van der Waals surface area contributed by atoms with E-state index in [2.05, 4.69) is 20.8 Å². The molecule has 2 aliphatic rings. The minimum Gasteiger partial charge on any atom is -0.378 e. The van der Waals surface area contributed by atoms with Gasteiger partial charge in [0.05, 0.1) is 44.3 Å². The van der Waals surface area contributed by atoms with Crippen LogP contribution in [0.2, 0.25) is 0 Å². The van der Waals surface area contributed by atoms with E-state index in [9.17, 15) is 13.2 Å². The molecule has 156 valence electrons. The van der Waals surface area contributed by atoms with E-state index in [1.807, 2.05) is 17.0 Å². The van der Waals surface area contributed by atoms with Crippen LogP contribution in [0.3, 0.4) is 0 Å². The number of ether oxygens (including phenoxy) is 1. The summed E-state index contributed by atoms with van der Waals surface area (Å²) < 4.78 is 32.7. The summed E-state index contributed by atoms with van der Waals surface area (Å²) >= 11 is 0. The number of piperazine rings is 1. The molecule has 2 saturated heterocycles. The van der Waals surface area contributed by atoms with Gasteiger partial charge in [-0.1, -0.05) is 32.9 Å². The highest BCUT2D eigenvalue weighted by molar-refractivity contribution is 7.89. The molecule has 2 aliphatic heterocycles. The van der Waals surface area contributed by atoms with Crippen LogP contribution >= 0.6 is 0 Å². The van der Waals surface area contributed by atoms with E-state index in [1.165, 1.54) is 0 Å². The Labute approximate surface area is 168 Å². The lowest BCUT2D eigenvalue weighted by Crippen LogP contribution is -3.15. The largest absolute Gasteiger partial charge is 0.378 e. The Kier molecular flexibility index (Phi) is 6.44. The van der Waals surface area contributed by atoms with E-state index >= 15 is 0 Å². The molecule has 0 bridgehead atoms. The predicted octanol–water partition coefficient (Wildman–Crippen LogP) is -0.268. The molecule has 2 fully saturated rings. The molecule has 3 rings (SSSR count). The first-order valence-corrected chi connectivity index (χ1v) is 11.4. The van der Waals surface area contributed by atoms with Gasteiger partial charge in [-0.05, 0) is 23.1 Å². The first-order valence-electron chi connectivity index (χ1n) is 9.98. The van der Waals surface area contributed by atoms with Crippen molar-refractivity contribution in [1.29, 1.82) is 0 Å². The lowest BCUT2D eigenvalue weighted by atomic mass is 9.87. The third kappa shape index (κ3) is 4.92. The van der Waals surface area contributed by atoms with Crippen molar-refractivity contribution >= 4 is 15.9 Å². The van der Waals surface area contributed by atoms with Crippen LogP contribution in [0.5, 0.6) is 0 Å². The van der Waals surface area contributed by atoms with Crippen LogP contribution < -0.4 is 4.90 Å². The van der Waals surface area contributed by atoms with E-state index in [-0.39, 0.29) is 11.3 Å². The monoisotopic (exact) mass is 410 g/mol. The van der Waals surface area contributed by atoms with Gasteiger partial charge in [-0.2, -0.15) is 4.31 Å². The highest BCUT2D eigenvalue weighted by Gasteiger charge is 2.32.